The Morgan fingerprint density at radius 2 is 1.88 bits per heavy atom. The monoisotopic (exact) mass is 324 g/mol. The number of aryl methyl sites for hydroxylation is 1. The molecule has 0 spiro atoms. The largest absolute Gasteiger partial charge is 0.371 e. The first-order chi connectivity index (χ1) is 11.7. The average Bonchev–Trinajstić information content (AvgIpc) is 2.63. The number of piperidine rings is 1. The number of urea groups is 1. The van der Waals surface area contributed by atoms with E-state index in [-0.39, 0.29) is 6.03 Å². The molecule has 2 aromatic rings. The summed E-state index contributed by atoms with van der Waals surface area (Å²) < 4.78 is 0. The van der Waals surface area contributed by atoms with Crippen molar-refractivity contribution in [2.24, 2.45) is 5.92 Å². The summed E-state index contributed by atoms with van der Waals surface area (Å²) in [5.74, 6) is 0.533. The number of hydrogen-bond donors (Lipinski definition) is 2. The Hall–Kier alpha value is -2.56. The number of rotatable bonds is 4. The van der Waals surface area contributed by atoms with Crippen molar-refractivity contribution in [3.63, 3.8) is 0 Å². The maximum atomic E-state index is 12.1. The zero-order chi connectivity index (χ0) is 16.8. The molecule has 2 amide bonds. The van der Waals surface area contributed by atoms with E-state index in [0.717, 1.165) is 43.7 Å². The summed E-state index contributed by atoms with van der Waals surface area (Å²) >= 11 is 0. The molecule has 5 heteroatoms. The Kier molecular flexibility index (Phi) is 5.31. The zero-order valence-electron chi connectivity index (χ0n) is 14.0. The Morgan fingerprint density at radius 3 is 2.58 bits per heavy atom. The van der Waals surface area contributed by atoms with Gasteiger partial charge in [0, 0.05) is 43.4 Å². The molecule has 0 radical (unpaired) electrons. The normalized spacial score (nSPS) is 15.1. The Bertz CT molecular complexity index is 666. The lowest BCUT2D eigenvalue weighted by Crippen LogP contribution is -2.39. The lowest BCUT2D eigenvalue weighted by Gasteiger charge is -2.33. The van der Waals surface area contributed by atoms with Crippen LogP contribution in [0.4, 0.5) is 16.2 Å². The second kappa shape index (κ2) is 7.81. The molecule has 0 atom stereocenters. The molecule has 1 fully saturated rings. The standard InChI is InChI=1S/C19H24N4O/c1-15-4-2-3-5-18(15)22-19(24)21-14-16-8-12-23(13-9-16)17-6-10-20-11-7-17/h2-7,10-11,16H,8-9,12-14H2,1H3,(H2,21,22,24). The van der Waals surface area contributed by atoms with Gasteiger partial charge < -0.3 is 15.5 Å². The van der Waals surface area contributed by atoms with Crippen molar-refractivity contribution in [1.82, 2.24) is 10.3 Å². The minimum absolute atomic E-state index is 0.124. The van der Waals surface area contributed by atoms with Crippen LogP contribution in [-0.2, 0) is 0 Å². The van der Waals surface area contributed by atoms with Gasteiger partial charge in [-0.2, -0.15) is 0 Å². The van der Waals surface area contributed by atoms with Crippen LogP contribution >= 0.6 is 0 Å². The molecule has 1 aromatic carbocycles. The van der Waals surface area contributed by atoms with Crippen LogP contribution in [0.1, 0.15) is 18.4 Å². The molecule has 24 heavy (non-hydrogen) atoms. The van der Waals surface area contributed by atoms with E-state index in [2.05, 4.69) is 20.5 Å². The average molecular weight is 324 g/mol. The van der Waals surface area contributed by atoms with Gasteiger partial charge in [-0.05, 0) is 49.4 Å². The molecular weight excluding hydrogens is 300 g/mol. The zero-order valence-corrected chi connectivity index (χ0v) is 14.0. The molecule has 1 aromatic heterocycles. The van der Waals surface area contributed by atoms with Crippen LogP contribution in [0.15, 0.2) is 48.8 Å². The summed E-state index contributed by atoms with van der Waals surface area (Å²) in [6.45, 7) is 4.76. The first-order valence-electron chi connectivity index (χ1n) is 8.48. The predicted octanol–water partition coefficient (Wildman–Crippen LogP) is 3.43. The van der Waals surface area contributed by atoms with Crippen molar-refractivity contribution in [2.45, 2.75) is 19.8 Å². The van der Waals surface area contributed by atoms with Crippen molar-refractivity contribution in [2.75, 3.05) is 29.9 Å². The van der Waals surface area contributed by atoms with Crippen molar-refractivity contribution < 1.29 is 4.79 Å². The molecule has 0 aliphatic carbocycles. The molecule has 0 unspecified atom stereocenters. The third-order valence-electron chi connectivity index (χ3n) is 4.59. The minimum atomic E-state index is -0.124. The number of carbonyl (C=O) groups is 1. The topological polar surface area (TPSA) is 57.3 Å². The van der Waals surface area contributed by atoms with Crippen LogP contribution in [-0.4, -0.2) is 30.6 Å². The molecule has 3 rings (SSSR count). The van der Waals surface area contributed by atoms with E-state index < -0.39 is 0 Å². The third-order valence-corrected chi connectivity index (χ3v) is 4.59. The van der Waals surface area contributed by atoms with Crippen LogP contribution in [0.3, 0.4) is 0 Å². The molecule has 2 heterocycles. The molecule has 2 N–H and O–H groups in total. The Morgan fingerprint density at radius 1 is 1.17 bits per heavy atom. The van der Waals surface area contributed by atoms with Gasteiger partial charge in [0.05, 0.1) is 0 Å². The van der Waals surface area contributed by atoms with E-state index >= 15 is 0 Å². The maximum absolute atomic E-state index is 12.1. The number of benzene rings is 1. The fourth-order valence-corrected chi connectivity index (χ4v) is 3.07. The Balaban J connectivity index is 1.42. The smallest absolute Gasteiger partial charge is 0.319 e. The quantitative estimate of drug-likeness (QED) is 0.906. The molecule has 0 bridgehead atoms. The van der Waals surface area contributed by atoms with Gasteiger partial charge in [-0.25, -0.2) is 4.79 Å². The molecule has 1 aliphatic rings. The second-order valence-corrected chi connectivity index (χ2v) is 6.29. The van der Waals surface area contributed by atoms with E-state index in [9.17, 15) is 4.79 Å². The van der Waals surface area contributed by atoms with Gasteiger partial charge in [0.25, 0.3) is 0 Å². The van der Waals surface area contributed by atoms with E-state index in [0.29, 0.717) is 5.92 Å². The van der Waals surface area contributed by atoms with Gasteiger partial charge in [-0.15, -0.1) is 0 Å². The van der Waals surface area contributed by atoms with Crippen LogP contribution < -0.4 is 15.5 Å². The van der Waals surface area contributed by atoms with E-state index in [1.54, 1.807) is 0 Å². The number of pyridine rings is 1. The third kappa shape index (κ3) is 4.25. The van der Waals surface area contributed by atoms with Gasteiger partial charge in [0.2, 0.25) is 0 Å². The number of nitrogens with zero attached hydrogens (tertiary/aromatic N) is 2. The summed E-state index contributed by atoms with van der Waals surface area (Å²) in [6.07, 6.45) is 5.84. The van der Waals surface area contributed by atoms with Gasteiger partial charge in [0.1, 0.15) is 0 Å². The van der Waals surface area contributed by atoms with Gasteiger partial charge in [-0.3, -0.25) is 4.98 Å². The first-order valence-corrected chi connectivity index (χ1v) is 8.48. The lowest BCUT2D eigenvalue weighted by atomic mass is 9.96. The fourth-order valence-electron chi connectivity index (χ4n) is 3.07. The predicted molar refractivity (Wildman–Crippen MR) is 97.4 cm³/mol. The number of aromatic nitrogens is 1. The number of nitrogens with one attached hydrogen (secondary N) is 2. The maximum Gasteiger partial charge on any atom is 0.319 e. The Labute approximate surface area is 143 Å². The molecule has 126 valence electrons. The molecule has 0 saturated carbocycles. The second-order valence-electron chi connectivity index (χ2n) is 6.29. The van der Waals surface area contributed by atoms with Crippen LogP contribution in [0.2, 0.25) is 0 Å². The molecular formula is C19H24N4O. The van der Waals surface area contributed by atoms with Gasteiger partial charge in [-0.1, -0.05) is 18.2 Å². The highest BCUT2D eigenvalue weighted by Crippen LogP contribution is 2.22. The highest BCUT2D eigenvalue weighted by atomic mass is 16.2. The van der Waals surface area contributed by atoms with Crippen LogP contribution in [0, 0.1) is 12.8 Å². The molecule has 1 saturated heterocycles. The summed E-state index contributed by atoms with van der Waals surface area (Å²) in [4.78, 5) is 18.5. The van der Waals surface area contributed by atoms with Crippen molar-refractivity contribution in [1.29, 1.82) is 0 Å². The van der Waals surface area contributed by atoms with E-state index in [4.69, 9.17) is 0 Å². The summed E-state index contributed by atoms with van der Waals surface area (Å²) in [6, 6.07) is 11.8. The van der Waals surface area contributed by atoms with E-state index in [1.807, 2.05) is 55.7 Å². The molecule has 1 aliphatic heterocycles. The number of hydrogen-bond acceptors (Lipinski definition) is 3. The SMILES string of the molecule is Cc1ccccc1NC(=O)NCC1CCN(c2ccncc2)CC1. The van der Waals surface area contributed by atoms with Crippen molar-refractivity contribution >= 4 is 17.4 Å². The lowest BCUT2D eigenvalue weighted by molar-refractivity contribution is 0.248. The highest BCUT2D eigenvalue weighted by molar-refractivity contribution is 5.89. The van der Waals surface area contributed by atoms with Crippen molar-refractivity contribution in [3.05, 3.63) is 54.4 Å². The van der Waals surface area contributed by atoms with Crippen LogP contribution in [0.25, 0.3) is 0 Å². The van der Waals surface area contributed by atoms with Gasteiger partial charge in [0.15, 0.2) is 0 Å². The summed E-state index contributed by atoms with van der Waals surface area (Å²) in [5, 5.41) is 5.92. The summed E-state index contributed by atoms with van der Waals surface area (Å²) in [5.41, 5.74) is 3.16. The van der Waals surface area contributed by atoms with E-state index in [1.165, 1.54) is 5.69 Å². The number of anilines is 2. The van der Waals surface area contributed by atoms with Gasteiger partial charge >= 0.3 is 6.03 Å². The molecule has 5 nitrogen and oxygen atoms in total. The fraction of sp³-hybridized carbons (Fsp3) is 0.368. The first kappa shape index (κ1) is 16.3. The number of carbonyl (C=O) groups excluding carboxylic acids is 1. The van der Waals surface area contributed by atoms with Crippen molar-refractivity contribution in [3.8, 4) is 0 Å². The minimum Gasteiger partial charge on any atom is -0.371 e. The van der Waals surface area contributed by atoms with Crippen LogP contribution in [0.5, 0.6) is 0 Å². The number of amides is 2. The number of para-hydroxylation sites is 1. The highest BCUT2D eigenvalue weighted by Gasteiger charge is 2.19. The summed E-state index contributed by atoms with van der Waals surface area (Å²) in [7, 11) is 0.